The Kier molecular flexibility index (Phi) is 8.64. The Morgan fingerprint density at radius 3 is 2.72 bits per heavy atom. The van der Waals surface area contributed by atoms with Crippen LogP contribution in [0.3, 0.4) is 0 Å². The number of morpholine rings is 1. The lowest BCUT2D eigenvalue weighted by atomic mass is 10.1. The standard InChI is InChI=1S/C26H28N6O4/c27-18-20-17-19(1-6-24(20)36-14-10-28-25(34)8-13-33)23-7-9-29-26(31-23)30-21-2-4-22(5-3-21)32-11-15-35-16-12-32/h1-7,9,17,33H,8,10-16H2,(H,28,34)(H,29,30,31). The summed E-state index contributed by atoms with van der Waals surface area (Å²) in [7, 11) is 0. The van der Waals surface area contributed by atoms with Gasteiger partial charge in [0.05, 0.1) is 37.6 Å². The number of rotatable bonds is 10. The third-order valence-electron chi connectivity index (χ3n) is 5.57. The predicted molar refractivity (Wildman–Crippen MR) is 135 cm³/mol. The second-order valence-corrected chi connectivity index (χ2v) is 8.03. The quantitative estimate of drug-likeness (QED) is 0.368. The molecule has 3 aromatic rings. The van der Waals surface area contributed by atoms with Crippen LogP contribution >= 0.6 is 0 Å². The van der Waals surface area contributed by atoms with Crippen molar-refractivity contribution in [2.24, 2.45) is 0 Å². The van der Waals surface area contributed by atoms with E-state index in [0.717, 1.165) is 43.2 Å². The third-order valence-corrected chi connectivity index (χ3v) is 5.57. The van der Waals surface area contributed by atoms with E-state index < -0.39 is 0 Å². The molecule has 1 amide bonds. The second kappa shape index (κ2) is 12.5. The van der Waals surface area contributed by atoms with Gasteiger partial charge >= 0.3 is 0 Å². The average Bonchev–Trinajstić information content (AvgIpc) is 2.92. The van der Waals surface area contributed by atoms with Crippen molar-refractivity contribution < 1.29 is 19.4 Å². The molecule has 3 N–H and O–H groups in total. The number of aliphatic hydroxyl groups excluding tert-OH is 1. The molecule has 0 bridgehead atoms. The van der Waals surface area contributed by atoms with E-state index in [9.17, 15) is 10.1 Å². The van der Waals surface area contributed by atoms with Crippen molar-refractivity contribution >= 4 is 23.2 Å². The van der Waals surface area contributed by atoms with Gasteiger partial charge in [-0.1, -0.05) is 0 Å². The largest absolute Gasteiger partial charge is 0.490 e. The molecule has 0 unspecified atom stereocenters. The van der Waals surface area contributed by atoms with E-state index in [1.807, 2.05) is 18.2 Å². The molecule has 10 heteroatoms. The maximum absolute atomic E-state index is 11.4. The molecule has 2 heterocycles. The smallest absolute Gasteiger partial charge is 0.227 e. The number of ether oxygens (including phenoxy) is 2. The van der Waals surface area contributed by atoms with Crippen LogP contribution in [0.4, 0.5) is 17.3 Å². The second-order valence-electron chi connectivity index (χ2n) is 8.03. The van der Waals surface area contributed by atoms with Gasteiger partial charge in [0.25, 0.3) is 0 Å². The molecule has 36 heavy (non-hydrogen) atoms. The summed E-state index contributed by atoms with van der Waals surface area (Å²) in [5.74, 6) is 0.618. The van der Waals surface area contributed by atoms with E-state index in [1.54, 1.807) is 24.4 Å². The molecular weight excluding hydrogens is 460 g/mol. The molecule has 0 aliphatic carbocycles. The summed E-state index contributed by atoms with van der Waals surface area (Å²) in [5.41, 5.74) is 3.80. The maximum Gasteiger partial charge on any atom is 0.227 e. The maximum atomic E-state index is 11.4. The third kappa shape index (κ3) is 6.69. The van der Waals surface area contributed by atoms with E-state index >= 15 is 0 Å². The van der Waals surface area contributed by atoms with Crippen LogP contribution in [0.5, 0.6) is 5.75 Å². The number of aromatic nitrogens is 2. The van der Waals surface area contributed by atoms with Crippen LogP contribution in [0.15, 0.2) is 54.7 Å². The molecule has 1 fully saturated rings. The van der Waals surface area contributed by atoms with Crippen LogP contribution in [-0.4, -0.2) is 67.0 Å². The molecule has 10 nitrogen and oxygen atoms in total. The van der Waals surface area contributed by atoms with Gasteiger partial charge in [0, 0.05) is 42.6 Å². The monoisotopic (exact) mass is 488 g/mol. The Morgan fingerprint density at radius 2 is 1.97 bits per heavy atom. The van der Waals surface area contributed by atoms with Crippen molar-refractivity contribution in [3.63, 3.8) is 0 Å². The molecular formula is C26H28N6O4. The molecule has 1 saturated heterocycles. The Bertz CT molecular complexity index is 1210. The minimum atomic E-state index is -0.252. The summed E-state index contributed by atoms with van der Waals surface area (Å²) in [6, 6.07) is 17.3. The molecule has 0 atom stereocenters. The fourth-order valence-corrected chi connectivity index (χ4v) is 3.73. The first kappa shape index (κ1) is 24.9. The lowest BCUT2D eigenvalue weighted by molar-refractivity contribution is -0.121. The van der Waals surface area contributed by atoms with Gasteiger partial charge in [-0.3, -0.25) is 4.79 Å². The number of nitrogens with zero attached hydrogens (tertiary/aromatic N) is 4. The predicted octanol–water partition coefficient (Wildman–Crippen LogP) is 2.47. The average molecular weight is 489 g/mol. The number of hydrogen-bond acceptors (Lipinski definition) is 9. The SMILES string of the molecule is N#Cc1cc(-c2ccnc(Nc3ccc(N4CCOCC4)cc3)n2)ccc1OCCNC(=O)CCO. The summed E-state index contributed by atoms with van der Waals surface area (Å²) in [4.78, 5) is 22.6. The lowest BCUT2D eigenvalue weighted by Gasteiger charge is -2.28. The Labute approximate surface area is 209 Å². The van der Waals surface area contributed by atoms with Gasteiger partial charge in [-0.2, -0.15) is 5.26 Å². The number of aliphatic hydroxyl groups is 1. The first-order valence-corrected chi connectivity index (χ1v) is 11.7. The highest BCUT2D eigenvalue weighted by Crippen LogP contribution is 2.26. The molecule has 1 aliphatic heterocycles. The number of benzene rings is 2. The van der Waals surface area contributed by atoms with E-state index in [-0.39, 0.29) is 32.1 Å². The number of hydrogen-bond donors (Lipinski definition) is 3. The van der Waals surface area contributed by atoms with Crippen LogP contribution in [0.25, 0.3) is 11.3 Å². The Hall–Kier alpha value is -4.20. The molecule has 0 radical (unpaired) electrons. The molecule has 1 aliphatic rings. The van der Waals surface area contributed by atoms with Crippen LogP contribution in [-0.2, 0) is 9.53 Å². The van der Waals surface area contributed by atoms with E-state index in [0.29, 0.717) is 23.0 Å². The molecule has 4 rings (SSSR count). The van der Waals surface area contributed by atoms with Gasteiger partial charge in [-0.05, 0) is 48.5 Å². The Morgan fingerprint density at radius 1 is 1.17 bits per heavy atom. The zero-order valence-electron chi connectivity index (χ0n) is 19.8. The highest BCUT2D eigenvalue weighted by atomic mass is 16.5. The first-order valence-electron chi connectivity index (χ1n) is 11.7. The summed E-state index contributed by atoms with van der Waals surface area (Å²) >= 11 is 0. The fourth-order valence-electron chi connectivity index (χ4n) is 3.73. The van der Waals surface area contributed by atoms with Gasteiger partial charge in [0.15, 0.2) is 0 Å². The van der Waals surface area contributed by atoms with E-state index in [2.05, 4.69) is 43.7 Å². The number of nitriles is 1. The van der Waals surface area contributed by atoms with Crippen molar-refractivity contribution in [2.45, 2.75) is 6.42 Å². The number of carbonyl (C=O) groups excluding carboxylic acids is 1. The zero-order valence-corrected chi connectivity index (χ0v) is 19.8. The van der Waals surface area contributed by atoms with Crippen molar-refractivity contribution in [1.29, 1.82) is 5.26 Å². The number of carbonyl (C=O) groups is 1. The highest BCUT2D eigenvalue weighted by Gasteiger charge is 2.12. The zero-order chi connectivity index (χ0) is 25.2. The number of anilines is 3. The van der Waals surface area contributed by atoms with Crippen molar-refractivity contribution in [3.8, 4) is 23.1 Å². The minimum absolute atomic E-state index is 0.0493. The van der Waals surface area contributed by atoms with Gasteiger partial charge in [-0.15, -0.1) is 0 Å². The lowest BCUT2D eigenvalue weighted by Crippen LogP contribution is -2.36. The molecule has 1 aromatic heterocycles. The van der Waals surface area contributed by atoms with Gasteiger partial charge in [0.1, 0.15) is 18.4 Å². The molecule has 186 valence electrons. The van der Waals surface area contributed by atoms with Crippen LogP contribution < -0.4 is 20.3 Å². The van der Waals surface area contributed by atoms with Crippen LogP contribution in [0.1, 0.15) is 12.0 Å². The normalized spacial score (nSPS) is 13.1. The Balaban J connectivity index is 1.39. The number of amides is 1. The van der Waals surface area contributed by atoms with E-state index in [1.165, 1.54) is 0 Å². The molecule has 0 spiro atoms. The fraction of sp³-hybridized carbons (Fsp3) is 0.308. The summed E-state index contributed by atoms with van der Waals surface area (Å²) in [6.07, 6.45) is 1.71. The van der Waals surface area contributed by atoms with Crippen LogP contribution in [0.2, 0.25) is 0 Å². The van der Waals surface area contributed by atoms with Crippen molar-refractivity contribution in [1.82, 2.24) is 15.3 Å². The molecule has 0 saturated carbocycles. The van der Waals surface area contributed by atoms with E-state index in [4.69, 9.17) is 14.6 Å². The topological polar surface area (TPSA) is 133 Å². The van der Waals surface area contributed by atoms with Crippen molar-refractivity contribution in [2.75, 3.05) is 56.3 Å². The summed E-state index contributed by atoms with van der Waals surface area (Å²) in [5, 5.41) is 24.2. The summed E-state index contributed by atoms with van der Waals surface area (Å²) < 4.78 is 11.1. The first-order chi connectivity index (χ1) is 17.7. The summed E-state index contributed by atoms with van der Waals surface area (Å²) in [6.45, 7) is 3.53. The van der Waals surface area contributed by atoms with Gasteiger partial charge in [0.2, 0.25) is 11.9 Å². The molecule has 2 aromatic carbocycles. The number of nitrogens with one attached hydrogen (secondary N) is 2. The minimum Gasteiger partial charge on any atom is -0.490 e. The van der Waals surface area contributed by atoms with Crippen molar-refractivity contribution in [3.05, 3.63) is 60.3 Å². The van der Waals surface area contributed by atoms with Gasteiger partial charge < -0.3 is 30.1 Å². The van der Waals surface area contributed by atoms with Gasteiger partial charge in [-0.25, -0.2) is 9.97 Å². The highest BCUT2D eigenvalue weighted by molar-refractivity contribution is 5.75. The van der Waals surface area contributed by atoms with Crippen LogP contribution in [0, 0.1) is 11.3 Å².